The number of fused-ring (bicyclic) bond motifs is 3. The Morgan fingerprint density at radius 3 is 2.78 bits per heavy atom. The Morgan fingerprint density at radius 1 is 1.15 bits per heavy atom. The normalized spacial score (nSPS) is 13.3. The van der Waals surface area contributed by atoms with E-state index in [1.807, 2.05) is 23.3 Å². The quantitative estimate of drug-likeness (QED) is 0.585. The molecule has 0 amide bonds. The molecule has 4 aromatic rings. The van der Waals surface area contributed by atoms with Gasteiger partial charge in [-0.3, -0.25) is 5.10 Å². The van der Waals surface area contributed by atoms with Crippen LogP contribution >= 0.6 is 11.3 Å². The Bertz CT molecular complexity index is 1100. The number of anilines is 1. The molecule has 0 saturated carbocycles. The van der Waals surface area contributed by atoms with E-state index < -0.39 is 0 Å². The molecule has 1 aliphatic rings. The molecule has 0 bridgehead atoms. The lowest BCUT2D eigenvalue weighted by molar-refractivity contribution is 0.816. The van der Waals surface area contributed by atoms with Gasteiger partial charge in [-0.15, -0.1) is 11.3 Å². The molecule has 0 fully saturated rings. The van der Waals surface area contributed by atoms with E-state index in [1.165, 1.54) is 34.1 Å². The minimum Gasteiger partial charge on any atom is -0.336 e. The minimum absolute atomic E-state index is 0.587. The summed E-state index contributed by atoms with van der Waals surface area (Å²) in [5.41, 5.74) is 4.89. The Hall–Kier alpha value is -2.80. The van der Waals surface area contributed by atoms with Gasteiger partial charge >= 0.3 is 0 Å². The third kappa shape index (κ3) is 2.88. The van der Waals surface area contributed by atoms with Crippen LogP contribution < -0.4 is 4.90 Å². The Balaban J connectivity index is 1.66. The summed E-state index contributed by atoms with van der Waals surface area (Å²) in [4.78, 5) is 18.7. The van der Waals surface area contributed by atoms with Crippen LogP contribution in [0.3, 0.4) is 0 Å². The summed E-state index contributed by atoms with van der Waals surface area (Å²) < 4.78 is 0. The molecule has 6 nitrogen and oxygen atoms in total. The number of aromatic amines is 1. The first-order chi connectivity index (χ1) is 13.2. The van der Waals surface area contributed by atoms with Crippen molar-refractivity contribution < 1.29 is 0 Å². The van der Waals surface area contributed by atoms with E-state index in [-0.39, 0.29) is 0 Å². The highest BCUT2D eigenvalue weighted by Crippen LogP contribution is 2.41. The number of benzene rings is 1. The van der Waals surface area contributed by atoms with E-state index in [0.29, 0.717) is 6.54 Å². The lowest BCUT2D eigenvalue weighted by atomic mass is 10.0. The van der Waals surface area contributed by atoms with Crippen LogP contribution in [-0.2, 0) is 19.4 Å². The zero-order chi connectivity index (χ0) is 18.4. The van der Waals surface area contributed by atoms with Gasteiger partial charge in [0.1, 0.15) is 17.0 Å². The van der Waals surface area contributed by atoms with Crippen LogP contribution in [0.1, 0.15) is 28.2 Å². The van der Waals surface area contributed by atoms with Crippen LogP contribution in [-0.4, -0.2) is 32.2 Å². The summed E-state index contributed by atoms with van der Waals surface area (Å²) in [5, 5.41) is 8.07. The Labute approximate surface area is 161 Å². The van der Waals surface area contributed by atoms with E-state index >= 15 is 0 Å². The second-order valence-corrected chi connectivity index (χ2v) is 8.15. The molecule has 0 atom stereocenters. The van der Waals surface area contributed by atoms with Gasteiger partial charge in [-0.25, -0.2) is 15.0 Å². The second kappa shape index (κ2) is 6.42. The SMILES string of the molecule is Cc1ccc(-c2nc(N(C)Cc3ncn[nH]3)nc3sc4c(c23)CCC4)cc1. The smallest absolute Gasteiger partial charge is 0.227 e. The highest BCUT2D eigenvalue weighted by molar-refractivity contribution is 7.19. The molecule has 0 saturated heterocycles. The molecule has 3 aromatic heterocycles. The molecule has 7 heteroatoms. The van der Waals surface area contributed by atoms with E-state index in [4.69, 9.17) is 9.97 Å². The molecule has 0 radical (unpaired) electrons. The Kier molecular flexibility index (Phi) is 3.89. The summed E-state index contributed by atoms with van der Waals surface area (Å²) >= 11 is 1.82. The first-order valence-electron chi connectivity index (χ1n) is 9.14. The van der Waals surface area contributed by atoms with Gasteiger partial charge in [0.2, 0.25) is 5.95 Å². The van der Waals surface area contributed by atoms with Crippen molar-refractivity contribution in [1.29, 1.82) is 0 Å². The topological polar surface area (TPSA) is 70.6 Å². The van der Waals surface area contributed by atoms with Gasteiger partial charge < -0.3 is 4.90 Å². The van der Waals surface area contributed by atoms with Crippen LogP contribution in [0.15, 0.2) is 30.6 Å². The van der Waals surface area contributed by atoms with Crippen molar-refractivity contribution in [2.45, 2.75) is 32.7 Å². The first kappa shape index (κ1) is 16.4. The lowest BCUT2D eigenvalue weighted by Gasteiger charge is -2.17. The maximum Gasteiger partial charge on any atom is 0.227 e. The molecule has 136 valence electrons. The molecule has 0 aliphatic heterocycles. The van der Waals surface area contributed by atoms with Gasteiger partial charge in [0, 0.05) is 22.9 Å². The van der Waals surface area contributed by atoms with Crippen molar-refractivity contribution in [3.8, 4) is 11.3 Å². The van der Waals surface area contributed by atoms with Crippen LogP contribution in [0, 0.1) is 6.92 Å². The van der Waals surface area contributed by atoms with Gasteiger partial charge in [-0.2, -0.15) is 5.10 Å². The fraction of sp³-hybridized carbons (Fsp3) is 0.300. The van der Waals surface area contributed by atoms with Crippen LogP contribution in [0.5, 0.6) is 0 Å². The van der Waals surface area contributed by atoms with Crippen molar-refractivity contribution in [3.05, 3.63) is 52.4 Å². The number of thiophene rings is 1. The molecule has 0 unspecified atom stereocenters. The largest absolute Gasteiger partial charge is 0.336 e. The summed E-state index contributed by atoms with van der Waals surface area (Å²) in [5.74, 6) is 1.51. The predicted octanol–water partition coefficient (Wildman–Crippen LogP) is 3.91. The fourth-order valence-electron chi connectivity index (χ4n) is 3.68. The van der Waals surface area contributed by atoms with Gasteiger partial charge in [0.05, 0.1) is 12.2 Å². The number of hydrogen-bond acceptors (Lipinski definition) is 6. The van der Waals surface area contributed by atoms with E-state index in [9.17, 15) is 0 Å². The highest BCUT2D eigenvalue weighted by Gasteiger charge is 2.23. The number of nitrogens with zero attached hydrogens (tertiary/aromatic N) is 5. The highest BCUT2D eigenvalue weighted by atomic mass is 32.1. The first-order valence-corrected chi connectivity index (χ1v) is 9.95. The van der Waals surface area contributed by atoms with E-state index in [1.54, 1.807) is 0 Å². The number of aromatic nitrogens is 5. The molecule has 27 heavy (non-hydrogen) atoms. The monoisotopic (exact) mass is 376 g/mol. The summed E-state index contributed by atoms with van der Waals surface area (Å²) in [6, 6.07) is 8.62. The molecular formula is C20H20N6S. The summed E-state index contributed by atoms with van der Waals surface area (Å²) in [6.07, 6.45) is 5.05. The van der Waals surface area contributed by atoms with Crippen LogP contribution in [0.25, 0.3) is 21.5 Å². The molecule has 1 N–H and O–H groups in total. The molecule has 1 aromatic carbocycles. The fourth-order valence-corrected chi connectivity index (χ4v) is 4.93. The average molecular weight is 376 g/mol. The molecule has 3 heterocycles. The molecule has 0 spiro atoms. The summed E-state index contributed by atoms with van der Waals surface area (Å²) in [7, 11) is 1.99. The third-order valence-corrected chi connectivity index (χ3v) is 6.26. The maximum absolute atomic E-state index is 4.99. The zero-order valence-electron chi connectivity index (χ0n) is 15.4. The second-order valence-electron chi connectivity index (χ2n) is 7.06. The molecule has 5 rings (SSSR count). The van der Waals surface area contributed by atoms with Crippen LogP contribution in [0.2, 0.25) is 0 Å². The van der Waals surface area contributed by atoms with Gasteiger partial charge in [0.25, 0.3) is 0 Å². The zero-order valence-corrected chi connectivity index (χ0v) is 16.2. The van der Waals surface area contributed by atoms with Crippen molar-refractivity contribution in [1.82, 2.24) is 25.1 Å². The van der Waals surface area contributed by atoms with Gasteiger partial charge in [-0.05, 0) is 31.7 Å². The molecule has 1 aliphatic carbocycles. The number of rotatable bonds is 4. The van der Waals surface area contributed by atoms with E-state index in [0.717, 1.165) is 40.7 Å². The Morgan fingerprint density at radius 2 is 2.00 bits per heavy atom. The van der Waals surface area contributed by atoms with Gasteiger partial charge in [-0.1, -0.05) is 29.8 Å². The number of H-pyrrole nitrogens is 1. The summed E-state index contributed by atoms with van der Waals surface area (Å²) in [6.45, 7) is 2.70. The minimum atomic E-state index is 0.587. The van der Waals surface area contributed by atoms with Crippen molar-refractivity contribution in [2.24, 2.45) is 0 Å². The van der Waals surface area contributed by atoms with Crippen molar-refractivity contribution in [3.63, 3.8) is 0 Å². The number of aryl methyl sites for hydroxylation is 3. The van der Waals surface area contributed by atoms with Crippen molar-refractivity contribution in [2.75, 3.05) is 11.9 Å². The number of hydrogen-bond donors (Lipinski definition) is 1. The van der Waals surface area contributed by atoms with E-state index in [2.05, 4.69) is 46.4 Å². The standard InChI is InChI=1S/C20H20N6S/c1-12-6-8-13(9-7-12)18-17-14-4-3-5-15(14)27-19(17)24-20(23-18)26(2)10-16-21-11-22-25-16/h6-9,11H,3-5,10H2,1-2H3,(H,21,22,25). The average Bonchev–Trinajstić information content (AvgIpc) is 3.38. The van der Waals surface area contributed by atoms with Gasteiger partial charge in [0.15, 0.2) is 0 Å². The van der Waals surface area contributed by atoms with Crippen LogP contribution in [0.4, 0.5) is 5.95 Å². The predicted molar refractivity (Wildman–Crippen MR) is 108 cm³/mol. The lowest BCUT2D eigenvalue weighted by Crippen LogP contribution is -2.20. The third-order valence-electron chi connectivity index (χ3n) is 5.07. The molecular weight excluding hydrogens is 356 g/mol. The van der Waals surface area contributed by atoms with Crippen molar-refractivity contribution >= 4 is 27.5 Å². The number of nitrogens with one attached hydrogen (secondary N) is 1. The maximum atomic E-state index is 4.99.